The molecule has 0 aromatic heterocycles. The Bertz CT molecular complexity index is 511. The lowest BCUT2D eigenvalue weighted by atomic mass is 9.89. The first-order chi connectivity index (χ1) is 12.7. The minimum absolute atomic E-state index is 0.0156. The highest BCUT2D eigenvalue weighted by Crippen LogP contribution is 2.32. The Kier molecular flexibility index (Phi) is 5.76. The normalized spacial score (nSPS) is 35.1. The van der Waals surface area contributed by atoms with E-state index in [-0.39, 0.29) is 17.9 Å². The molecule has 4 heterocycles. The minimum atomic E-state index is -0.0156. The first kappa shape index (κ1) is 18.2. The van der Waals surface area contributed by atoms with Crippen LogP contribution < -0.4 is 10.6 Å². The first-order valence-electron chi connectivity index (χ1n) is 10.3. The molecule has 0 aliphatic carbocycles. The Morgan fingerprint density at radius 2 is 1.88 bits per heavy atom. The van der Waals surface area contributed by atoms with Crippen LogP contribution in [0.1, 0.15) is 38.5 Å². The van der Waals surface area contributed by atoms with Crippen LogP contribution in [-0.2, 0) is 14.3 Å². The van der Waals surface area contributed by atoms with Crippen LogP contribution in [0.3, 0.4) is 0 Å². The van der Waals surface area contributed by atoms with Crippen molar-refractivity contribution >= 4 is 11.8 Å². The number of fused-ring (bicyclic) bond motifs is 2. The van der Waals surface area contributed by atoms with Crippen LogP contribution >= 0.6 is 0 Å². The molecule has 4 saturated heterocycles. The van der Waals surface area contributed by atoms with Gasteiger partial charge in [-0.25, -0.2) is 0 Å². The van der Waals surface area contributed by atoms with Crippen LogP contribution in [0.4, 0.5) is 0 Å². The molecule has 4 aliphatic rings. The van der Waals surface area contributed by atoms with Crippen molar-refractivity contribution in [2.24, 2.45) is 5.92 Å². The van der Waals surface area contributed by atoms with Crippen molar-refractivity contribution in [1.82, 2.24) is 20.4 Å². The summed E-state index contributed by atoms with van der Waals surface area (Å²) in [5, 5.41) is 6.74. The molecule has 3 atom stereocenters. The number of ether oxygens (including phenoxy) is 1. The molecular weight excluding hydrogens is 332 g/mol. The molecule has 4 rings (SSSR count). The summed E-state index contributed by atoms with van der Waals surface area (Å²) in [5.41, 5.74) is 0. The Hall–Kier alpha value is -1.18. The van der Waals surface area contributed by atoms with E-state index in [2.05, 4.69) is 15.5 Å². The number of hydrogen-bond acceptors (Lipinski definition) is 5. The lowest BCUT2D eigenvalue weighted by Gasteiger charge is -2.29. The summed E-state index contributed by atoms with van der Waals surface area (Å²) in [6, 6.07) is 1.23. The van der Waals surface area contributed by atoms with Gasteiger partial charge in [0.05, 0.1) is 19.3 Å². The third kappa shape index (κ3) is 4.56. The van der Waals surface area contributed by atoms with E-state index in [1.807, 2.05) is 4.90 Å². The standard InChI is InChI=1S/C19H32N4O3/c24-18(11-14-9-15-1-2-16(10-14)20-15)21-17-12-19(25)23(13-17)4-3-22-5-7-26-8-6-22/h14-17,20H,1-13H2,(H,21,24). The highest BCUT2D eigenvalue weighted by molar-refractivity contribution is 5.82. The fraction of sp³-hybridized carbons (Fsp3) is 0.895. The Labute approximate surface area is 155 Å². The summed E-state index contributed by atoms with van der Waals surface area (Å²) in [4.78, 5) is 28.9. The van der Waals surface area contributed by atoms with E-state index in [0.717, 1.165) is 52.2 Å². The van der Waals surface area contributed by atoms with Crippen LogP contribution in [0.15, 0.2) is 0 Å². The van der Waals surface area contributed by atoms with Crippen molar-refractivity contribution in [2.75, 3.05) is 45.9 Å². The minimum Gasteiger partial charge on any atom is -0.379 e. The van der Waals surface area contributed by atoms with Gasteiger partial charge in [-0.3, -0.25) is 14.5 Å². The van der Waals surface area contributed by atoms with Crippen LogP contribution in [0.2, 0.25) is 0 Å². The molecule has 26 heavy (non-hydrogen) atoms. The number of carbonyl (C=O) groups excluding carboxylic acids is 2. The molecular formula is C19H32N4O3. The van der Waals surface area contributed by atoms with Gasteiger partial charge in [-0.1, -0.05) is 0 Å². The molecule has 0 spiro atoms. The van der Waals surface area contributed by atoms with Gasteiger partial charge >= 0.3 is 0 Å². The van der Waals surface area contributed by atoms with Crippen molar-refractivity contribution in [3.63, 3.8) is 0 Å². The van der Waals surface area contributed by atoms with Gasteiger partial charge in [0.15, 0.2) is 0 Å². The largest absolute Gasteiger partial charge is 0.379 e. The molecule has 7 heteroatoms. The summed E-state index contributed by atoms with van der Waals surface area (Å²) >= 11 is 0. The van der Waals surface area contributed by atoms with Crippen LogP contribution in [0, 0.1) is 5.92 Å². The first-order valence-corrected chi connectivity index (χ1v) is 10.3. The number of rotatable bonds is 6. The molecule has 7 nitrogen and oxygen atoms in total. The number of piperidine rings is 1. The maximum Gasteiger partial charge on any atom is 0.224 e. The molecule has 0 aromatic carbocycles. The van der Waals surface area contributed by atoms with E-state index in [4.69, 9.17) is 4.74 Å². The van der Waals surface area contributed by atoms with Gasteiger partial charge in [0.25, 0.3) is 0 Å². The summed E-state index contributed by atoms with van der Waals surface area (Å²) < 4.78 is 5.36. The number of morpholine rings is 1. The maximum atomic E-state index is 12.4. The lowest BCUT2D eigenvalue weighted by molar-refractivity contribution is -0.128. The number of hydrogen-bond donors (Lipinski definition) is 2. The number of amides is 2. The average Bonchev–Trinajstić information content (AvgIpc) is 3.15. The van der Waals surface area contributed by atoms with Crippen molar-refractivity contribution in [3.8, 4) is 0 Å². The Balaban J connectivity index is 1.18. The number of nitrogens with one attached hydrogen (secondary N) is 2. The Morgan fingerprint density at radius 1 is 1.15 bits per heavy atom. The smallest absolute Gasteiger partial charge is 0.224 e. The molecule has 2 N–H and O–H groups in total. The van der Waals surface area contributed by atoms with Gasteiger partial charge < -0.3 is 20.3 Å². The van der Waals surface area contributed by atoms with Crippen LogP contribution in [0.5, 0.6) is 0 Å². The third-order valence-electron chi connectivity index (χ3n) is 6.41. The van der Waals surface area contributed by atoms with Crippen molar-refractivity contribution in [1.29, 1.82) is 0 Å². The fourth-order valence-corrected chi connectivity index (χ4v) is 5.06. The zero-order valence-corrected chi connectivity index (χ0v) is 15.6. The van der Waals surface area contributed by atoms with Crippen LogP contribution in [-0.4, -0.2) is 85.7 Å². The summed E-state index contributed by atoms with van der Waals surface area (Å²) in [7, 11) is 0. The van der Waals surface area contributed by atoms with Gasteiger partial charge in [-0.05, 0) is 31.6 Å². The van der Waals surface area contributed by atoms with Gasteiger partial charge in [-0.2, -0.15) is 0 Å². The summed E-state index contributed by atoms with van der Waals surface area (Å²) in [5.74, 6) is 0.802. The molecule has 0 saturated carbocycles. The predicted molar refractivity (Wildman–Crippen MR) is 97.7 cm³/mol. The second-order valence-electron chi connectivity index (χ2n) is 8.44. The second kappa shape index (κ2) is 8.23. The highest BCUT2D eigenvalue weighted by atomic mass is 16.5. The number of carbonyl (C=O) groups is 2. The zero-order chi connectivity index (χ0) is 17.9. The van der Waals surface area contributed by atoms with E-state index in [1.165, 1.54) is 12.8 Å². The number of likely N-dealkylation sites (tertiary alicyclic amines) is 1. The quantitative estimate of drug-likeness (QED) is 0.692. The van der Waals surface area contributed by atoms with E-state index in [0.29, 0.717) is 37.4 Å². The predicted octanol–water partition coefficient (Wildman–Crippen LogP) is -0.0436. The fourth-order valence-electron chi connectivity index (χ4n) is 5.06. The zero-order valence-electron chi connectivity index (χ0n) is 15.6. The van der Waals surface area contributed by atoms with E-state index in [1.54, 1.807) is 0 Å². The third-order valence-corrected chi connectivity index (χ3v) is 6.41. The van der Waals surface area contributed by atoms with Gasteiger partial charge in [0, 0.05) is 57.6 Å². The molecule has 0 aromatic rings. The Morgan fingerprint density at radius 3 is 2.62 bits per heavy atom. The van der Waals surface area contributed by atoms with Crippen molar-refractivity contribution in [3.05, 3.63) is 0 Å². The average molecular weight is 364 g/mol. The summed E-state index contributed by atoms with van der Waals surface area (Å²) in [6.45, 7) is 5.76. The van der Waals surface area contributed by atoms with Crippen molar-refractivity contribution < 1.29 is 14.3 Å². The van der Waals surface area contributed by atoms with E-state index in [9.17, 15) is 9.59 Å². The monoisotopic (exact) mass is 364 g/mol. The van der Waals surface area contributed by atoms with Gasteiger partial charge in [0.1, 0.15) is 0 Å². The van der Waals surface area contributed by atoms with E-state index >= 15 is 0 Å². The molecule has 2 bridgehead atoms. The SMILES string of the molecule is O=C(CC1CC2CCC(C1)N2)NC1CC(=O)N(CCN2CCOCC2)C1. The maximum absolute atomic E-state index is 12.4. The molecule has 0 radical (unpaired) electrons. The topological polar surface area (TPSA) is 73.9 Å². The van der Waals surface area contributed by atoms with E-state index < -0.39 is 0 Å². The molecule has 4 aliphatic heterocycles. The molecule has 4 fully saturated rings. The summed E-state index contributed by atoms with van der Waals surface area (Å²) in [6.07, 6.45) is 5.84. The van der Waals surface area contributed by atoms with Gasteiger partial charge in [-0.15, -0.1) is 0 Å². The number of nitrogens with zero attached hydrogens (tertiary/aromatic N) is 2. The lowest BCUT2D eigenvalue weighted by Crippen LogP contribution is -2.43. The molecule has 3 unspecified atom stereocenters. The molecule has 2 amide bonds. The second-order valence-corrected chi connectivity index (χ2v) is 8.44. The van der Waals surface area contributed by atoms with Gasteiger partial charge in [0.2, 0.25) is 11.8 Å². The molecule has 146 valence electrons. The van der Waals surface area contributed by atoms with Crippen LogP contribution in [0.25, 0.3) is 0 Å². The highest BCUT2D eigenvalue weighted by Gasteiger charge is 2.35. The van der Waals surface area contributed by atoms with Crippen molar-refractivity contribution in [2.45, 2.75) is 56.7 Å².